The standard InChI is InChI=1S/C14H20Cl2N2O4S/c1-22-9-3-7-18(23(2,20)21)8-6-14(19)17-11-4-5-12(15)13(16)10-11/h4-5,10H,3,6-9H2,1-2H3,(H,17,19). The van der Waals surface area contributed by atoms with Gasteiger partial charge in [-0.25, -0.2) is 12.7 Å². The van der Waals surface area contributed by atoms with Gasteiger partial charge < -0.3 is 10.1 Å². The minimum Gasteiger partial charge on any atom is -0.385 e. The van der Waals surface area contributed by atoms with Crippen molar-refractivity contribution in [3.05, 3.63) is 28.2 Å². The average molecular weight is 383 g/mol. The van der Waals surface area contributed by atoms with Gasteiger partial charge in [-0.3, -0.25) is 4.79 Å². The summed E-state index contributed by atoms with van der Waals surface area (Å²) in [6, 6.07) is 4.74. The first-order chi connectivity index (χ1) is 10.7. The van der Waals surface area contributed by atoms with E-state index in [1.807, 2.05) is 0 Å². The van der Waals surface area contributed by atoms with Crippen LogP contribution in [0.25, 0.3) is 0 Å². The Kier molecular flexibility index (Phi) is 8.28. The molecule has 0 unspecified atom stereocenters. The Morgan fingerprint density at radius 3 is 2.52 bits per heavy atom. The zero-order valence-electron chi connectivity index (χ0n) is 13.0. The van der Waals surface area contributed by atoms with E-state index in [0.717, 1.165) is 6.26 Å². The molecule has 1 rings (SSSR count). The lowest BCUT2D eigenvalue weighted by Gasteiger charge is -2.19. The average Bonchev–Trinajstić information content (AvgIpc) is 2.45. The molecule has 0 aliphatic heterocycles. The molecule has 0 heterocycles. The molecule has 0 spiro atoms. The maximum atomic E-state index is 11.9. The van der Waals surface area contributed by atoms with Crippen molar-refractivity contribution < 1.29 is 17.9 Å². The number of halogens is 2. The summed E-state index contributed by atoms with van der Waals surface area (Å²) < 4.78 is 29.6. The van der Waals surface area contributed by atoms with Gasteiger partial charge in [0.1, 0.15) is 0 Å². The molecule has 0 saturated carbocycles. The minimum atomic E-state index is -3.37. The highest BCUT2D eigenvalue weighted by Crippen LogP contribution is 2.25. The molecule has 0 fully saturated rings. The van der Waals surface area contributed by atoms with Crippen molar-refractivity contribution in [1.29, 1.82) is 0 Å². The van der Waals surface area contributed by atoms with Gasteiger partial charge >= 0.3 is 0 Å². The first-order valence-electron chi connectivity index (χ1n) is 6.93. The summed E-state index contributed by atoms with van der Waals surface area (Å²) in [5.41, 5.74) is 0.509. The number of benzene rings is 1. The molecule has 0 aromatic heterocycles. The smallest absolute Gasteiger partial charge is 0.225 e. The third-order valence-corrected chi connectivity index (χ3v) is 5.06. The number of amides is 1. The van der Waals surface area contributed by atoms with Crippen molar-refractivity contribution in [3.8, 4) is 0 Å². The van der Waals surface area contributed by atoms with Gasteiger partial charge in [-0.15, -0.1) is 0 Å². The lowest BCUT2D eigenvalue weighted by molar-refractivity contribution is -0.116. The number of rotatable bonds is 9. The predicted molar refractivity (Wildman–Crippen MR) is 92.6 cm³/mol. The number of methoxy groups -OCH3 is 1. The fraction of sp³-hybridized carbons (Fsp3) is 0.500. The molecular formula is C14H20Cl2N2O4S. The molecule has 130 valence electrons. The highest BCUT2D eigenvalue weighted by atomic mass is 35.5. The molecule has 0 aliphatic carbocycles. The molecule has 6 nitrogen and oxygen atoms in total. The molecule has 1 amide bonds. The Labute approximate surface area is 146 Å². The second-order valence-electron chi connectivity index (χ2n) is 4.94. The lowest BCUT2D eigenvalue weighted by Crippen LogP contribution is -2.34. The number of nitrogens with zero attached hydrogens (tertiary/aromatic N) is 1. The van der Waals surface area contributed by atoms with Crippen LogP contribution in [0.3, 0.4) is 0 Å². The van der Waals surface area contributed by atoms with Gasteiger partial charge in [-0.1, -0.05) is 23.2 Å². The normalized spacial score (nSPS) is 11.7. The summed E-state index contributed by atoms with van der Waals surface area (Å²) in [5.74, 6) is -0.302. The first kappa shape index (κ1) is 20.2. The number of carbonyl (C=O) groups is 1. The van der Waals surface area contributed by atoms with Crippen molar-refractivity contribution in [2.45, 2.75) is 12.8 Å². The van der Waals surface area contributed by atoms with Gasteiger partial charge in [-0.05, 0) is 24.6 Å². The second-order valence-corrected chi connectivity index (χ2v) is 7.73. The Bertz CT molecular complexity index is 638. The first-order valence-corrected chi connectivity index (χ1v) is 9.53. The van der Waals surface area contributed by atoms with Gasteiger partial charge in [0.25, 0.3) is 0 Å². The lowest BCUT2D eigenvalue weighted by atomic mass is 10.3. The van der Waals surface area contributed by atoms with Crippen LogP contribution in [0.2, 0.25) is 10.0 Å². The van der Waals surface area contributed by atoms with E-state index in [1.165, 1.54) is 10.4 Å². The van der Waals surface area contributed by atoms with Crippen molar-refractivity contribution >= 4 is 44.8 Å². The maximum Gasteiger partial charge on any atom is 0.225 e. The molecule has 9 heteroatoms. The number of anilines is 1. The van der Waals surface area contributed by atoms with Crippen LogP contribution >= 0.6 is 23.2 Å². The summed E-state index contributed by atoms with van der Waals surface area (Å²) in [7, 11) is -1.82. The Morgan fingerprint density at radius 1 is 1.26 bits per heavy atom. The quantitative estimate of drug-likeness (QED) is 0.666. The van der Waals surface area contributed by atoms with Crippen LogP contribution in [-0.4, -0.2) is 51.7 Å². The number of nitrogens with one attached hydrogen (secondary N) is 1. The molecule has 0 saturated heterocycles. The van der Waals surface area contributed by atoms with Crippen LogP contribution in [-0.2, 0) is 19.6 Å². The van der Waals surface area contributed by atoms with Crippen LogP contribution in [0.4, 0.5) is 5.69 Å². The van der Waals surface area contributed by atoms with E-state index in [0.29, 0.717) is 35.3 Å². The topological polar surface area (TPSA) is 75.7 Å². The van der Waals surface area contributed by atoms with Gasteiger partial charge in [0.15, 0.2) is 0 Å². The molecule has 0 radical (unpaired) electrons. The Hall–Kier alpha value is -0.860. The van der Waals surface area contributed by atoms with E-state index in [1.54, 1.807) is 19.2 Å². The summed E-state index contributed by atoms with van der Waals surface area (Å²) >= 11 is 11.7. The molecular weight excluding hydrogens is 363 g/mol. The fourth-order valence-corrected chi connectivity index (χ4v) is 3.03. The van der Waals surface area contributed by atoms with E-state index < -0.39 is 10.0 Å². The molecule has 23 heavy (non-hydrogen) atoms. The van der Waals surface area contributed by atoms with E-state index >= 15 is 0 Å². The minimum absolute atomic E-state index is 0.0420. The number of hydrogen-bond acceptors (Lipinski definition) is 4. The Morgan fingerprint density at radius 2 is 1.96 bits per heavy atom. The predicted octanol–water partition coefficient (Wildman–Crippen LogP) is 2.62. The molecule has 0 aliphatic rings. The summed E-state index contributed by atoms with van der Waals surface area (Å²) in [6.45, 7) is 0.879. The van der Waals surface area contributed by atoms with E-state index in [9.17, 15) is 13.2 Å². The summed E-state index contributed by atoms with van der Waals surface area (Å²) in [5, 5.41) is 3.39. The number of carbonyl (C=O) groups excluding carboxylic acids is 1. The van der Waals surface area contributed by atoms with Crippen molar-refractivity contribution in [3.63, 3.8) is 0 Å². The number of sulfonamides is 1. The maximum absolute atomic E-state index is 11.9. The van der Waals surface area contributed by atoms with Crippen LogP contribution in [0.5, 0.6) is 0 Å². The van der Waals surface area contributed by atoms with Crippen LogP contribution in [0, 0.1) is 0 Å². The van der Waals surface area contributed by atoms with Crippen molar-refractivity contribution in [2.24, 2.45) is 0 Å². The number of ether oxygens (including phenoxy) is 1. The molecule has 0 bridgehead atoms. The third kappa shape index (κ3) is 7.50. The largest absolute Gasteiger partial charge is 0.385 e. The van der Waals surface area contributed by atoms with Crippen molar-refractivity contribution in [1.82, 2.24) is 4.31 Å². The zero-order valence-corrected chi connectivity index (χ0v) is 15.3. The molecule has 1 aromatic carbocycles. The van der Waals surface area contributed by atoms with E-state index in [-0.39, 0.29) is 18.9 Å². The van der Waals surface area contributed by atoms with Gasteiger partial charge in [-0.2, -0.15) is 0 Å². The monoisotopic (exact) mass is 382 g/mol. The fourth-order valence-electron chi connectivity index (χ4n) is 1.85. The molecule has 0 atom stereocenters. The van der Waals surface area contributed by atoms with Crippen LogP contribution in [0.15, 0.2) is 18.2 Å². The van der Waals surface area contributed by atoms with E-state index in [4.69, 9.17) is 27.9 Å². The van der Waals surface area contributed by atoms with Crippen LogP contribution < -0.4 is 5.32 Å². The third-order valence-electron chi connectivity index (χ3n) is 3.02. The number of hydrogen-bond donors (Lipinski definition) is 1. The zero-order chi connectivity index (χ0) is 17.5. The van der Waals surface area contributed by atoms with E-state index in [2.05, 4.69) is 5.32 Å². The van der Waals surface area contributed by atoms with Gasteiger partial charge in [0, 0.05) is 38.9 Å². The molecule has 1 N–H and O–H groups in total. The van der Waals surface area contributed by atoms with Crippen LogP contribution in [0.1, 0.15) is 12.8 Å². The Balaban J connectivity index is 2.55. The molecule has 1 aromatic rings. The second kappa shape index (κ2) is 9.44. The summed E-state index contributed by atoms with van der Waals surface area (Å²) in [4.78, 5) is 11.9. The highest BCUT2D eigenvalue weighted by molar-refractivity contribution is 7.88. The van der Waals surface area contributed by atoms with Gasteiger partial charge in [0.2, 0.25) is 15.9 Å². The highest BCUT2D eigenvalue weighted by Gasteiger charge is 2.17. The van der Waals surface area contributed by atoms with Gasteiger partial charge in [0.05, 0.1) is 16.3 Å². The SMILES string of the molecule is COCCCN(CCC(=O)Nc1ccc(Cl)c(Cl)c1)S(C)(=O)=O. The van der Waals surface area contributed by atoms with Crippen molar-refractivity contribution in [2.75, 3.05) is 38.4 Å². The summed E-state index contributed by atoms with van der Waals surface area (Å²) in [6.07, 6.45) is 1.73.